The molecule has 9 nitrogen and oxygen atoms in total. The number of ether oxygens (including phenoxy) is 3. The SMILES string of the molecule is CCCSc1nc2n(n1)C(c1ccc(OCc3c(F)cccc3Cl)c(OC)c1)C(C(=O)Nc1ccccc1OCC)=C(C)N2. The van der Waals surface area contributed by atoms with Crippen LogP contribution in [0.15, 0.2) is 77.1 Å². The molecule has 1 atom stereocenters. The smallest absolute Gasteiger partial charge is 0.255 e. The number of allylic oxidation sites excluding steroid dienone is 1. The number of para-hydroxylation sites is 2. The van der Waals surface area contributed by atoms with E-state index in [2.05, 4.69) is 22.5 Å². The van der Waals surface area contributed by atoms with Gasteiger partial charge in [0.2, 0.25) is 11.1 Å². The van der Waals surface area contributed by atoms with E-state index < -0.39 is 11.9 Å². The summed E-state index contributed by atoms with van der Waals surface area (Å²) < 4.78 is 33.4. The molecule has 230 valence electrons. The number of hydrogen-bond acceptors (Lipinski definition) is 8. The first-order chi connectivity index (χ1) is 21.3. The number of nitrogens with one attached hydrogen (secondary N) is 2. The van der Waals surface area contributed by atoms with Crippen LogP contribution in [-0.4, -0.2) is 40.1 Å². The molecule has 0 bridgehead atoms. The molecule has 3 aromatic carbocycles. The van der Waals surface area contributed by atoms with Crippen molar-refractivity contribution in [2.75, 3.05) is 30.1 Å². The minimum absolute atomic E-state index is 0.0916. The molecular weight excluding hydrogens is 605 g/mol. The van der Waals surface area contributed by atoms with Gasteiger partial charge >= 0.3 is 0 Å². The standard InChI is InChI=1S/C32H33ClFN5O4S/c1-5-16-44-32-37-31-35-19(3)28(30(40)36-24-12-7-8-13-25(24)42-6-2)29(39(31)38-32)20-14-15-26(27(17-20)41-4)43-18-21-22(33)10-9-11-23(21)34/h7-15,17,29H,5-6,16,18H2,1-4H3,(H,36,40)(H,35,37,38). The normalized spacial score (nSPS) is 14.1. The number of anilines is 2. The fourth-order valence-corrected chi connectivity index (χ4v) is 5.72. The molecule has 5 rings (SSSR count). The van der Waals surface area contributed by atoms with Crippen molar-refractivity contribution in [3.05, 3.63) is 93.9 Å². The molecule has 1 unspecified atom stereocenters. The third kappa shape index (κ3) is 6.63. The second kappa shape index (κ2) is 14.0. The first-order valence-electron chi connectivity index (χ1n) is 14.2. The van der Waals surface area contributed by atoms with Gasteiger partial charge in [-0.1, -0.05) is 54.6 Å². The molecule has 4 aromatic rings. The summed E-state index contributed by atoms with van der Waals surface area (Å²) in [6, 6.07) is 16.5. The highest BCUT2D eigenvalue weighted by Gasteiger charge is 2.35. The van der Waals surface area contributed by atoms with E-state index in [4.69, 9.17) is 30.9 Å². The summed E-state index contributed by atoms with van der Waals surface area (Å²) >= 11 is 7.74. The van der Waals surface area contributed by atoms with Crippen LogP contribution in [0.4, 0.5) is 16.0 Å². The van der Waals surface area contributed by atoms with Crippen LogP contribution < -0.4 is 24.8 Å². The van der Waals surface area contributed by atoms with Crippen LogP contribution in [0.2, 0.25) is 5.02 Å². The Kier molecular flexibility index (Phi) is 9.96. The average molecular weight is 638 g/mol. The van der Waals surface area contributed by atoms with Crippen molar-refractivity contribution in [3.63, 3.8) is 0 Å². The molecule has 0 saturated carbocycles. The van der Waals surface area contributed by atoms with Gasteiger partial charge in [0.1, 0.15) is 24.2 Å². The maximum absolute atomic E-state index is 14.4. The van der Waals surface area contributed by atoms with E-state index in [1.54, 1.807) is 46.8 Å². The summed E-state index contributed by atoms with van der Waals surface area (Å²) in [5.41, 5.74) is 2.57. The molecule has 1 amide bonds. The van der Waals surface area contributed by atoms with Crippen molar-refractivity contribution in [3.8, 4) is 17.2 Å². The second-order valence-electron chi connectivity index (χ2n) is 9.86. The summed E-state index contributed by atoms with van der Waals surface area (Å²) in [5.74, 6) is 1.94. The first kappa shape index (κ1) is 31.2. The van der Waals surface area contributed by atoms with Crippen LogP contribution in [0.5, 0.6) is 17.2 Å². The highest BCUT2D eigenvalue weighted by atomic mass is 35.5. The molecule has 0 fully saturated rings. The van der Waals surface area contributed by atoms with Gasteiger partial charge in [0.15, 0.2) is 11.5 Å². The number of benzene rings is 3. The van der Waals surface area contributed by atoms with Crippen molar-refractivity contribution in [2.45, 2.75) is 45.0 Å². The van der Waals surface area contributed by atoms with E-state index in [9.17, 15) is 9.18 Å². The van der Waals surface area contributed by atoms with Crippen LogP contribution >= 0.6 is 23.4 Å². The Balaban J connectivity index is 1.52. The van der Waals surface area contributed by atoms with Gasteiger partial charge in [0, 0.05) is 17.0 Å². The van der Waals surface area contributed by atoms with Gasteiger partial charge in [-0.05, 0) is 62.2 Å². The molecule has 44 heavy (non-hydrogen) atoms. The molecule has 0 saturated heterocycles. The van der Waals surface area contributed by atoms with Crippen LogP contribution in [0, 0.1) is 5.82 Å². The predicted molar refractivity (Wildman–Crippen MR) is 170 cm³/mol. The minimum atomic E-state index is -0.655. The van der Waals surface area contributed by atoms with Gasteiger partial charge in [0.05, 0.1) is 30.0 Å². The van der Waals surface area contributed by atoms with Gasteiger partial charge in [-0.15, -0.1) is 5.10 Å². The highest BCUT2D eigenvalue weighted by molar-refractivity contribution is 7.99. The number of aromatic nitrogens is 3. The van der Waals surface area contributed by atoms with Crippen molar-refractivity contribution in [2.24, 2.45) is 0 Å². The molecule has 1 aromatic heterocycles. The molecule has 0 spiro atoms. The number of nitrogens with zero attached hydrogens (tertiary/aromatic N) is 3. The van der Waals surface area contributed by atoms with E-state index in [1.807, 2.05) is 38.1 Å². The Hall–Kier alpha value is -4.22. The minimum Gasteiger partial charge on any atom is -0.493 e. The van der Waals surface area contributed by atoms with Gasteiger partial charge in [-0.2, -0.15) is 4.98 Å². The fraction of sp³-hybridized carbons (Fsp3) is 0.281. The monoisotopic (exact) mass is 637 g/mol. The largest absolute Gasteiger partial charge is 0.493 e. The Morgan fingerprint density at radius 2 is 1.91 bits per heavy atom. The van der Waals surface area contributed by atoms with Crippen LogP contribution in [-0.2, 0) is 11.4 Å². The van der Waals surface area contributed by atoms with Gasteiger partial charge in [-0.3, -0.25) is 4.79 Å². The summed E-state index contributed by atoms with van der Waals surface area (Å²) in [4.78, 5) is 18.7. The number of carbonyl (C=O) groups excluding carboxylic acids is 1. The number of carbonyl (C=O) groups is 1. The zero-order valence-electron chi connectivity index (χ0n) is 24.8. The number of methoxy groups -OCH3 is 1. The zero-order valence-corrected chi connectivity index (χ0v) is 26.4. The third-order valence-electron chi connectivity index (χ3n) is 6.89. The molecule has 0 aliphatic carbocycles. The molecule has 0 radical (unpaired) electrons. The third-order valence-corrected chi connectivity index (χ3v) is 8.28. The number of hydrogen-bond donors (Lipinski definition) is 2. The molecule has 1 aliphatic rings. The van der Waals surface area contributed by atoms with Crippen molar-refractivity contribution in [1.29, 1.82) is 0 Å². The number of amides is 1. The molecule has 2 heterocycles. The Labute approximate surface area is 264 Å². The number of thioether (sulfide) groups is 1. The Morgan fingerprint density at radius 1 is 1.09 bits per heavy atom. The molecule has 1 aliphatic heterocycles. The summed E-state index contributed by atoms with van der Waals surface area (Å²) in [7, 11) is 1.52. The maximum Gasteiger partial charge on any atom is 0.255 e. The lowest BCUT2D eigenvalue weighted by atomic mass is 9.94. The second-order valence-corrected chi connectivity index (χ2v) is 11.3. The number of fused-ring (bicyclic) bond motifs is 1. The van der Waals surface area contributed by atoms with Crippen LogP contribution in [0.1, 0.15) is 44.4 Å². The lowest BCUT2D eigenvalue weighted by molar-refractivity contribution is -0.113. The first-order valence-corrected chi connectivity index (χ1v) is 15.5. The fourth-order valence-electron chi connectivity index (χ4n) is 4.82. The maximum atomic E-state index is 14.4. The van der Waals surface area contributed by atoms with Crippen LogP contribution in [0.25, 0.3) is 0 Å². The highest BCUT2D eigenvalue weighted by Crippen LogP contribution is 2.40. The summed E-state index contributed by atoms with van der Waals surface area (Å²) in [5, 5.41) is 11.9. The van der Waals surface area contributed by atoms with Crippen LogP contribution in [0.3, 0.4) is 0 Å². The molecular formula is C32H33ClFN5O4S. The summed E-state index contributed by atoms with van der Waals surface area (Å²) in [6.45, 7) is 6.18. The lowest BCUT2D eigenvalue weighted by Crippen LogP contribution is -2.31. The van der Waals surface area contributed by atoms with Gasteiger partial charge in [0.25, 0.3) is 5.91 Å². The van der Waals surface area contributed by atoms with Crippen molar-refractivity contribution in [1.82, 2.24) is 14.8 Å². The molecule has 2 N–H and O–H groups in total. The van der Waals surface area contributed by atoms with Crippen molar-refractivity contribution < 1.29 is 23.4 Å². The van der Waals surface area contributed by atoms with Gasteiger partial charge in [-0.25, -0.2) is 9.07 Å². The van der Waals surface area contributed by atoms with E-state index >= 15 is 0 Å². The zero-order chi connectivity index (χ0) is 31.2. The topological polar surface area (TPSA) is 99.5 Å². The van der Waals surface area contributed by atoms with Gasteiger partial charge < -0.3 is 24.8 Å². The Bertz CT molecular complexity index is 1670. The molecule has 12 heteroatoms. The predicted octanol–water partition coefficient (Wildman–Crippen LogP) is 7.49. The summed E-state index contributed by atoms with van der Waals surface area (Å²) in [6.07, 6.45) is 0.965. The van der Waals surface area contributed by atoms with E-state index in [1.165, 1.54) is 13.2 Å². The van der Waals surface area contributed by atoms with E-state index in [0.29, 0.717) is 57.5 Å². The van der Waals surface area contributed by atoms with Crippen molar-refractivity contribution >= 4 is 40.9 Å². The Morgan fingerprint density at radius 3 is 2.66 bits per heavy atom. The number of rotatable bonds is 12. The average Bonchev–Trinajstić information content (AvgIpc) is 3.42. The van der Waals surface area contributed by atoms with E-state index in [-0.39, 0.29) is 23.1 Å². The lowest BCUT2D eigenvalue weighted by Gasteiger charge is -2.29. The van der Waals surface area contributed by atoms with E-state index in [0.717, 1.165) is 12.2 Å². The number of halogens is 2. The quantitative estimate of drug-likeness (QED) is 0.154.